The van der Waals surface area contributed by atoms with Crippen LogP contribution in [0.4, 0.5) is 0 Å². The molecule has 0 atom stereocenters. The molecule has 0 aliphatic carbocycles. The summed E-state index contributed by atoms with van der Waals surface area (Å²) in [6.45, 7) is 0.583. The molecule has 1 amide bonds. The first-order chi connectivity index (χ1) is 16.2. The van der Waals surface area contributed by atoms with Crippen molar-refractivity contribution in [2.24, 2.45) is 0 Å². The zero-order chi connectivity index (χ0) is 23.0. The second-order valence-corrected chi connectivity index (χ2v) is 6.92. The second-order valence-electron chi connectivity index (χ2n) is 6.92. The van der Waals surface area contributed by atoms with E-state index in [1.54, 1.807) is 49.1 Å². The largest absolute Gasteiger partial charge is 0.493 e. The Morgan fingerprint density at radius 2 is 1.82 bits per heavy atom. The van der Waals surface area contributed by atoms with Crippen LogP contribution in [0.3, 0.4) is 0 Å². The average Bonchev–Trinajstić information content (AvgIpc) is 3.29. The molecule has 0 radical (unpaired) electrons. The summed E-state index contributed by atoms with van der Waals surface area (Å²) in [5.74, 6) is 2.04. The van der Waals surface area contributed by atoms with E-state index in [0.717, 1.165) is 11.1 Å². The lowest BCUT2D eigenvalue weighted by Gasteiger charge is -2.08. The number of nitrogens with one attached hydrogen (secondary N) is 1. The number of amides is 1. The number of fused-ring (bicyclic) bond motifs is 1. The van der Waals surface area contributed by atoms with Crippen LogP contribution in [-0.4, -0.2) is 53.1 Å². The molecule has 1 N–H and O–H groups in total. The first-order valence-electron chi connectivity index (χ1n) is 10.3. The second kappa shape index (κ2) is 10.3. The molecule has 0 spiro atoms. The topological polar surface area (TPSA) is 99.9 Å². The summed E-state index contributed by atoms with van der Waals surface area (Å²) in [6.07, 6.45) is 3.15. The summed E-state index contributed by atoms with van der Waals surface area (Å²) in [4.78, 5) is 12.1. The summed E-state index contributed by atoms with van der Waals surface area (Å²) in [6, 6.07) is 18.6. The maximum atomic E-state index is 12.1. The Morgan fingerprint density at radius 1 is 1.00 bits per heavy atom. The van der Waals surface area contributed by atoms with Crippen molar-refractivity contribution in [2.75, 3.05) is 27.4 Å². The predicted octanol–water partition coefficient (Wildman–Crippen LogP) is 3.02. The molecule has 33 heavy (non-hydrogen) atoms. The normalized spacial score (nSPS) is 11.0. The van der Waals surface area contributed by atoms with Gasteiger partial charge in [-0.05, 0) is 29.8 Å². The van der Waals surface area contributed by atoms with E-state index >= 15 is 0 Å². The van der Waals surface area contributed by atoms with Crippen molar-refractivity contribution in [2.45, 2.75) is 0 Å². The molecule has 0 aliphatic rings. The van der Waals surface area contributed by atoms with Crippen LogP contribution in [0.2, 0.25) is 0 Å². The van der Waals surface area contributed by atoms with Gasteiger partial charge in [0.2, 0.25) is 11.8 Å². The van der Waals surface area contributed by atoms with Crippen molar-refractivity contribution in [3.8, 4) is 28.8 Å². The molecule has 4 rings (SSSR count). The van der Waals surface area contributed by atoms with Crippen molar-refractivity contribution in [3.05, 3.63) is 72.3 Å². The van der Waals surface area contributed by atoms with Gasteiger partial charge >= 0.3 is 0 Å². The highest BCUT2D eigenvalue weighted by atomic mass is 16.5. The summed E-state index contributed by atoms with van der Waals surface area (Å²) in [5.41, 5.74) is 2.35. The zero-order valence-electron chi connectivity index (χ0n) is 18.3. The van der Waals surface area contributed by atoms with Gasteiger partial charge in [-0.15, -0.1) is 15.3 Å². The zero-order valence-corrected chi connectivity index (χ0v) is 18.3. The van der Waals surface area contributed by atoms with E-state index in [1.807, 2.05) is 36.4 Å². The first kappa shape index (κ1) is 21.8. The number of ether oxygens (including phenoxy) is 3. The minimum atomic E-state index is -0.234. The number of carbonyl (C=O) groups is 1. The molecule has 0 saturated carbocycles. The third-order valence-corrected chi connectivity index (χ3v) is 4.76. The molecule has 2 heterocycles. The molecule has 4 aromatic rings. The lowest BCUT2D eigenvalue weighted by molar-refractivity contribution is -0.116. The van der Waals surface area contributed by atoms with Gasteiger partial charge in [0.05, 0.1) is 20.8 Å². The highest BCUT2D eigenvalue weighted by Crippen LogP contribution is 2.27. The molecule has 168 valence electrons. The van der Waals surface area contributed by atoms with E-state index < -0.39 is 0 Å². The monoisotopic (exact) mass is 445 g/mol. The molecule has 0 fully saturated rings. The Morgan fingerprint density at radius 3 is 2.61 bits per heavy atom. The molecular weight excluding hydrogens is 422 g/mol. The highest BCUT2D eigenvalue weighted by Gasteiger charge is 2.10. The third-order valence-electron chi connectivity index (χ3n) is 4.76. The molecule has 9 nitrogen and oxygen atoms in total. The highest BCUT2D eigenvalue weighted by molar-refractivity contribution is 5.91. The van der Waals surface area contributed by atoms with Crippen molar-refractivity contribution < 1.29 is 19.0 Å². The lowest BCUT2D eigenvalue weighted by Crippen LogP contribution is -2.26. The molecule has 2 aromatic heterocycles. The molecule has 2 aromatic carbocycles. The number of carbonyl (C=O) groups excluding carboxylic acids is 1. The predicted molar refractivity (Wildman–Crippen MR) is 123 cm³/mol. The average molecular weight is 445 g/mol. The van der Waals surface area contributed by atoms with Crippen LogP contribution in [0.1, 0.15) is 5.56 Å². The maximum absolute atomic E-state index is 12.1. The van der Waals surface area contributed by atoms with Crippen LogP contribution < -0.4 is 19.5 Å². The number of nitrogens with zero attached hydrogens (tertiary/aromatic N) is 4. The van der Waals surface area contributed by atoms with Crippen LogP contribution >= 0.6 is 0 Å². The number of hydrogen-bond donors (Lipinski definition) is 1. The molecule has 0 unspecified atom stereocenters. The van der Waals surface area contributed by atoms with E-state index in [0.29, 0.717) is 35.4 Å². The van der Waals surface area contributed by atoms with Gasteiger partial charge in [0, 0.05) is 17.7 Å². The van der Waals surface area contributed by atoms with E-state index in [1.165, 1.54) is 6.08 Å². The molecule has 0 aliphatic heterocycles. The Bertz CT molecular complexity index is 1270. The van der Waals surface area contributed by atoms with Gasteiger partial charge in [0.1, 0.15) is 6.61 Å². The van der Waals surface area contributed by atoms with Gasteiger partial charge in [-0.2, -0.15) is 4.52 Å². The lowest BCUT2D eigenvalue weighted by atomic mass is 10.2. The molecule has 9 heteroatoms. The summed E-state index contributed by atoms with van der Waals surface area (Å²) >= 11 is 0. The van der Waals surface area contributed by atoms with Crippen molar-refractivity contribution in [3.63, 3.8) is 0 Å². The van der Waals surface area contributed by atoms with Gasteiger partial charge < -0.3 is 19.5 Å². The van der Waals surface area contributed by atoms with Gasteiger partial charge in [0.15, 0.2) is 23.0 Å². The number of hydrogen-bond acceptors (Lipinski definition) is 7. The Balaban J connectivity index is 1.31. The van der Waals surface area contributed by atoms with E-state index in [9.17, 15) is 4.79 Å². The van der Waals surface area contributed by atoms with Gasteiger partial charge in [0.25, 0.3) is 0 Å². The van der Waals surface area contributed by atoms with Crippen molar-refractivity contribution in [1.29, 1.82) is 0 Å². The Kier molecular flexibility index (Phi) is 6.79. The fourth-order valence-electron chi connectivity index (χ4n) is 3.13. The number of benzene rings is 2. The van der Waals surface area contributed by atoms with Crippen molar-refractivity contribution >= 4 is 17.6 Å². The van der Waals surface area contributed by atoms with Crippen LogP contribution in [-0.2, 0) is 4.79 Å². The van der Waals surface area contributed by atoms with E-state index in [4.69, 9.17) is 14.2 Å². The smallest absolute Gasteiger partial charge is 0.244 e. The SMILES string of the molecule is COc1ccc(/C=C/C(=O)NCCOc2ccc3nnc(-c4ccccc4)n3n2)cc1OC. The molecular formula is C24H23N5O4. The maximum Gasteiger partial charge on any atom is 0.244 e. The van der Waals surface area contributed by atoms with Crippen molar-refractivity contribution in [1.82, 2.24) is 25.1 Å². The first-order valence-corrected chi connectivity index (χ1v) is 10.3. The van der Waals surface area contributed by atoms with Gasteiger partial charge in [-0.1, -0.05) is 36.4 Å². The summed E-state index contributed by atoms with van der Waals surface area (Å²) < 4.78 is 17.8. The minimum absolute atomic E-state index is 0.234. The molecule has 0 saturated heterocycles. The quantitative estimate of drug-likeness (QED) is 0.312. The summed E-state index contributed by atoms with van der Waals surface area (Å²) in [5, 5.41) is 15.6. The van der Waals surface area contributed by atoms with Gasteiger partial charge in [-0.25, -0.2) is 0 Å². The Labute approximate surface area is 190 Å². The minimum Gasteiger partial charge on any atom is -0.493 e. The van der Waals surface area contributed by atoms with E-state index in [2.05, 4.69) is 20.6 Å². The van der Waals surface area contributed by atoms with Crippen LogP contribution in [0.5, 0.6) is 17.4 Å². The van der Waals surface area contributed by atoms with E-state index in [-0.39, 0.29) is 12.5 Å². The van der Waals surface area contributed by atoms with Crippen LogP contribution in [0, 0.1) is 0 Å². The number of methoxy groups -OCH3 is 2. The van der Waals surface area contributed by atoms with Crippen LogP contribution in [0.25, 0.3) is 23.1 Å². The third kappa shape index (κ3) is 5.27. The fourth-order valence-corrected chi connectivity index (χ4v) is 3.13. The van der Waals surface area contributed by atoms with Crippen LogP contribution in [0.15, 0.2) is 66.7 Å². The van der Waals surface area contributed by atoms with Gasteiger partial charge in [-0.3, -0.25) is 4.79 Å². The standard InChI is InChI=1S/C24H23N5O4/c1-31-19-10-8-17(16-20(19)32-2)9-12-22(30)25-14-15-33-23-13-11-21-26-27-24(29(21)28-23)18-6-4-3-5-7-18/h3-13,16H,14-15H2,1-2H3,(H,25,30)/b12-9+. The molecule has 0 bridgehead atoms. The number of rotatable bonds is 9. The fraction of sp³-hybridized carbons (Fsp3) is 0.167. The number of aromatic nitrogens is 4. The Hall–Kier alpha value is -4.40. The summed E-state index contributed by atoms with van der Waals surface area (Å²) in [7, 11) is 3.14.